The SMILES string of the molecule is Cc1cc(C)cc(C(=O)N2CCN(C(=O)[C@@H](CC(C)C)NC3CCN(Cc4ccccc4)CC3)[C@H](c3ccc(Cl)c(Cl)c3)C2)c1. The van der Waals surface area contributed by atoms with Crippen LogP contribution in [0.25, 0.3) is 0 Å². The van der Waals surface area contributed by atoms with Gasteiger partial charge in [-0.05, 0) is 87.5 Å². The van der Waals surface area contributed by atoms with Gasteiger partial charge in [0.1, 0.15) is 0 Å². The normalized spacial score (nSPS) is 18.8. The van der Waals surface area contributed by atoms with E-state index in [-0.39, 0.29) is 29.9 Å². The fraction of sp³-hybridized carbons (Fsp3) is 0.459. The molecule has 3 aromatic rings. The number of piperazine rings is 1. The number of nitrogens with one attached hydrogen (secondary N) is 1. The van der Waals surface area contributed by atoms with Crippen molar-refractivity contribution in [3.63, 3.8) is 0 Å². The third-order valence-electron chi connectivity index (χ3n) is 9.03. The number of nitrogens with zero attached hydrogens (tertiary/aromatic N) is 3. The molecule has 0 saturated carbocycles. The van der Waals surface area contributed by atoms with Crippen molar-refractivity contribution in [1.82, 2.24) is 20.0 Å². The summed E-state index contributed by atoms with van der Waals surface area (Å²) in [7, 11) is 0. The highest BCUT2D eigenvalue weighted by atomic mass is 35.5. The molecule has 2 saturated heterocycles. The summed E-state index contributed by atoms with van der Waals surface area (Å²) in [6, 6.07) is 21.7. The molecule has 8 heteroatoms. The van der Waals surface area contributed by atoms with E-state index < -0.39 is 0 Å². The molecule has 0 radical (unpaired) electrons. The maximum atomic E-state index is 14.5. The van der Waals surface area contributed by atoms with Gasteiger partial charge in [0.2, 0.25) is 5.91 Å². The summed E-state index contributed by atoms with van der Waals surface area (Å²) in [6.45, 7) is 12.6. The summed E-state index contributed by atoms with van der Waals surface area (Å²) in [5.74, 6) is 0.420. The number of likely N-dealkylation sites (tertiary alicyclic amines) is 1. The van der Waals surface area contributed by atoms with Crippen LogP contribution in [0.15, 0.2) is 66.7 Å². The lowest BCUT2D eigenvalue weighted by molar-refractivity contribution is -0.139. The molecule has 1 N–H and O–H groups in total. The third-order valence-corrected chi connectivity index (χ3v) is 9.77. The molecule has 5 rings (SSSR count). The lowest BCUT2D eigenvalue weighted by Crippen LogP contribution is -2.58. The molecular weight excluding hydrogens is 603 g/mol. The van der Waals surface area contributed by atoms with Gasteiger partial charge in [-0.2, -0.15) is 0 Å². The largest absolute Gasteiger partial charge is 0.334 e. The number of piperidine rings is 1. The monoisotopic (exact) mass is 648 g/mol. The Morgan fingerprint density at radius 1 is 0.867 bits per heavy atom. The minimum absolute atomic E-state index is 0.0157. The van der Waals surface area contributed by atoms with Crippen LogP contribution in [0.3, 0.4) is 0 Å². The van der Waals surface area contributed by atoms with E-state index in [1.54, 1.807) is 6.07 Å². The molecule has 0 spiro atoms. The summed E-state index contributed by atoms with van der Waals surface area (Å²) in [5, 5.41) is 4.70. The second-order valence-corrected chi connectivity index (χ2v) is 14.0. The lowest BCUT2D eigenvalue weighted by atomic mass is 9.95. The first-order valence-corrected chi connectivity index (χ1v) is 17.0. The Bertz CT molecular complexity index is 1450. The third kappa shape index (κ3) is 8.68. The number of hydrogen-bond donors (Lipinski definition) is 1. The number of carbonyl (C=O) groups excluding carboxylic acids is 2. The lowest BCUT2D eigenvalue weighted by Gasteiger charge is -2.44. The number of rotatable bonds is 9. The predicted octanol–water partition coefficient (Wildman–Crippen LogP) is 7.30. The highest BCUT2D eigenvalue weighted by molar-refractivity contribution is 6.42. The van der Waals surface area contributed by atoms with Gasteiger partial charge in [0, 0.05) is 37.8 Å². The first kappa shape index (κ1) is 33.5. The van der Waals surface area contributed by atoms with Gasteiger partial charge >= 0.3 is 0 Å². The summed E-state index contributed by atoms with van der Waals surface area (Å²) in [5.41, 5.74) is 5.01. The topological polar surface area (TPSA) is 55.9 Å². The van der Waals surface area contributed by atoms with Crippen molar-refractivity contribution >= 4 is 35.0 Å². The molecule has 3 aromatic carbocycles. The van der Waals surface area contributed by atoms with Gasteiger partial charge in [-0.25, -0.2) is 0 Å². The fourth-order valence-corrected chi connectivity index (χ4v) is 7.12. The maximum absolute atomic E-state index is 14.5. The molecule has 2 aliphatic heterocycles. The van der Waals surface area contributed by atoms with Crippen LogP contribution < -0.4 is 5.32 Å². The van der Waals surface area contributed by atoms with E-state index in [0.29, 0.717) is 41.2 Å². The summed E-state index contributed by atoms with van der Waals surface area (Å²) in [4.78, 5) is 34.5. The molecule has 2 amide bonds. The van der Waals surface area contributed by atoms with Gasteiger partial charge in [-0.3, -0.25) is 14.5 Å². The van der Waals surface area contributed by atoms with Crippen molar-refractivity contribution in [1.29, 1.82) is 0 Å². The standard InChI is InChI=1S/C37H46Cl2N4O2/c1-25(2)18-34(40-31-12-14-41(15-13-31)23-28-8-6-5-7-9-28)37(45)43-17-16-42(36(44)30-20-26(3)19-27(4)21-30)24-35(43)29-10-11-32(38)33(39)22-29/h5-11,19-22,25,31,34-35,40H,12-18,23-24H2,1-4H3/t34-,35+/m1/s1. The van der Waals surface area contributed by atoms with Crippen LogP contribution in [0.2, 0.25) is 10.0 Å². The van der Waals surface area contributed by atoms with Gasteiger partial charge < -0.3 is 15.1 Å². The van der Waals surface area contributed by atoms with Crippen LogP contribution in [0.1, 0.15) is 71.8 Å². The summed E-state index contributed by atoms with van der Waals surface area (Å²) < 4.78 is 0. The second kappa shape index (κ2) is 15.1. The van der Waals surface area contributed by atoms with Crippen LogP contribution in [0, 0.1) is 19.8 Å². The minimum atomic E-state index is -0.333. The number of aryl methyl sites for hydroxylation is 2. The number of amides is 2. The number of benzene rings is 3. The molecule has 0 unspecified atom stereocenters. The van der Waals surface area contributed by atoms with Crippen LogP contribution in [-0.2, 0) is 11.3 Å². The van der Waals surface area contributed by atoms with Crippen molar-refractivity contribution < 1.29 is 9.59 Å². The zero-order valence-electron chi connectivity index (χ0n) is 26.9. The summed E-state index contributed by atoms with van der Waals surface area (Å²) in [6.07, 6.45) is 2.76. The van der Waals surface area contributed by atoms with Gasteiger partial charge in [-0.1, -0.05) is 90.6 Å². The molecule has 6 nitrogen and oxygen atoms in total. The van der Waals surface area contributed by atoms with Gasteiger partial charge in [0.25, 0.3) is 5.91 Å². The molecule has 0 aromatic heterocycles. The first-order valence-electron chi connectivity index (χ1n) is 16.2. The van der Waals surface area contributed by atoms with Gasteiger partial charge in [-0.15, -0.1) is 0 Å². The van der Waals surface area contributed by atoms with Crippen LogP contribution in [0.4, 0.5) is 0 Å². The molecule has 2 aliphatic rings. The van der Waals surface area contributed by atoms with Crippen molar-refractivity contribution in [3.05, 3.63) is 105 Å². The average Bonchev–Trinajstić information content (AvgIpc) is 3.02. The van der Waals surface area contributed by atoms with E-state index in [1.807, 2.05) is 47.9 Å². The molecular formula is C37H46Cl2N4O2. The first-order chi connectivity index (χ1) is 21.6. The van der Waals surface area contributed by atoms with E-state index in [4.69, 9.17) is 23.2 Å². The van der Waals surface area contributed by atoms with E-state index >= 15 is 0 Å². The predicted molar refractivity (Wildman–Crippen MR) is 184 cm³/mol. The van der Waals surface area contributed by atoms with Crippen molar-refractivity contribution in [2.75, 3.05) is 32.7 Å². The van der Waals surface area contributed by atoms with E-state index in [1.165, 1.54) is 5.56 Å². The zero-order valence-corrected chi connectivity index (χ0v) is 28.5. The van der Waals surface area contributed by atoms with Crippen molar-refractivity contribution in [2.24, 2.45) is 5.92 Å². The molecule has 2 heterocycles. The van der Waals surface area contributed by atoms with E-state index in [2.05, 4.69) is 60.5 Å². The fourth-order valence-electron chi connectivity index (χ4n) is 6.81. The van der Waals surface area contributed by atoms with Crippen molar-refractivity contribution in [2.45, 2.75) is 71.6 Å². The maximum Gasteiger partial charge on any atom is 0.254 e. The summed E-state index contributed by atoms with van der Waals surface area (Å²) >= 11 is 12.8. The molecule has 45 heavy (non-hydrogen) atoms. The Balaban J connectivity index is 1.32. The Kier molecular flexibility index (Phi) is 11.2. The van der Waals surface area contributed by atoms with Crippen molar-refractivity contribution in [3.8, 4) is 0 Å². The van der Waals surface area contributed by atoms with Crippen LogP contribution in [-0.4, -0.2) is 71.3 Å². The molecule has 0 aliphatic carbocycles. The van der Waals surface area contributed by atoms with Crippen LogP contribution >= 0.6 is 23.2 Å². The number of hydrogen-bond acceptors (Lipinski definition) is 4. The Morgan fingerprint density at radius 2 is 1.56 bits per heavy atom. The van der Waals surface area contributed by atoms with Gasteiger partial charge in [0.05, 0.1) is 22.1 Å². The van der Waals surface area contributed by atoms with Crippen LogP contribution in [0.5, 0.6) is 0 Å². The van der Waals surface area contributed by atoms with Gasteiger partial charge in [0.15, 0.2) is 0 Å². The Morgan fingerprint density at radius 3 is 2.20 bits per heavy atom. The molecule has 240 valence electrons. The minimum Gasteiger partial charge on any atom is -0.334 e. The molecule has 2 fully saturated rings. The zero-order chi connectivity index (χ0) is 32.1. The van der Waals surface area contributed by atoms with E-state index in [9.17, 15) is 9.59 Å². The second-order valence-electron chi connectivity index (χ2n) is 13.2. The molecule has 2 atom stereocenters. The van der Waals surface area contributed by atoms with E-state index in [0.717, 1.165) is 55.6 Å². The number of halogens is 2. The quantitative estimate of drug-likeness (QED) is 0.264. The Labute approximate surface area is 278 Å². The highest BCUT2D eigenvalue weighted by Crippen LogP contribution is 2.32. The molecule has 0 bridgehead atoms. The Hall–Kier alpha value is -2.90. The smallest absolute Gasteiger partial charge is 0.254 e. The average molecular weight is 650 g/mol. The number of carbonyl (C=O) groups is 2. The highest BCUT2D eigenvalue weighted by Gasteiger charge is 2.38.